The molecule has 0 saturated heterocycles. The first kappa shape index (κ1) is 14.6. The fourth-order valence-electron chi connectivity index (χ4n) is 1.86. The zero-order chi connectivity index (χ0) is 13.7. The normalized spacial score (nSPS) is 14.1. The van der Waals surface area contributed by atoms with E-state index < -0.39 is 0 Å². The summed E-state index contributed by atoms with van der Waals surface area (Å²) in [5.74, 6) is 0. The van der Waals surface area contributed by atoms with Gasteiger partial charge in [-0.2, -0.15) is 0 Å². The molecular formula is C16H16BrClO. The van der Waals surface area contributed by atoms with Crippen molar-refractivity contribution >= 4 is 27.5 Å². The first-order chi connectivity index (χ1) is 9.14. The van der Waals surface area contributed by atoms with E-state index in [1.807, 2.05) is 42.5 Å². The summed E-state index contributed by atoms with van der Waals surface area (Å²) in [5.41, 5.74) is 1.90. The van der Waals surface area contributed by atoms with E-state index in [1.165, 1.54) is 0 Å². The van der Waals surface area contributed by atoms with Gasteiger partial charge in [-0.15, -0.1) is 0 Å². The van der Waals surface area contributed by atoms with Crippen molar-refractivity contribution in [3.63, 3.8) is 0 Å². The highest BCUT2D eigenvalue weighted by atomic mass is 79.9. The van der Waals surface area contributed by atoms with Gasteiger partial charge in [-0.1, -0.05) is 70.0 Å². The Morgan fingerprint density at radius 2 is 1.84 bits per heavy atom. The van der Waals surface area contributed by atoms with Crippen LogP contribution in [0.4, 0.5) is 0 Å². The van der Waals surface area contributed by atoms with Crippen molar-refractivity contribution in [3.05, 3.63) is 70.7 Å². The number of benzene rings is 2. The van der Waals surface area contributed by atoms with Gasteiger partial charge >= 0.3 is 0 Å². The number of hydrogen-bond acceptors (Lipinski definition) is 1. The van der Waals surface area contributed by atoms with Crippen molar-refractivity contribution in [2.45, 2.75) is 19.1 Å². The van der Waals surface area contributed by atoms with Crippen molar-refractivity contribution in [1.29, 1.82) is 0 Å². The van der Waals surface area contributed by atoms with Crippen molar-refractivity contribution in [1.82, 2.24) is 0 Å². The molecule has 0 fully saturated rings. The summed E-state index contributed by atoms with van der Waals surface area (Å²) in [4.78, 5) is 0. The van der Waals surface area contributed by atoms with Gasteiger partial charge in [0.15, 0.2) is 0 Å². The molecule has 2 aromatic rings. The molecule has 0 aliphatic carbocycles. The van der Waals surface area contributed by atoms with E-state index in [0.29, 0.717) is 6.61 Å². The standard InChI is InChI=1S/C16H16BrClO/c1-16(12-17,14-7-3-2-4-8-14)19-11-13-6-5-9-15(18)10-13/h2-10H,11-12H2,1H3. The van der Waals surface area contributed by atoms with Crippen LogP contribution in [0.1, 0.15) is 18.1 Å². The molecule has 0 bridgehead atoms. The maximum absolute atomic E-state index is 6.10. The molecule has 0 spiro atoms. The van der Waals surface area contributed by atoms with E-state index >= 15 is 0 Å². The zero-order valence-electron chi connectivity index (χ0n) is 10.8. The van der Waals surface area contributed by atoms with E-state index in [1.54, 1.807) is 0 Å². The van der Waals surface area contributed by atoms with Gasteiger partial charge in [0.1, 0.15) is 5.60 Å². The van der Waals surface area contributed by atoms with Crippen LogP contribution in [0.5, 0.6) is 0 Å². The Morgan fingerprint density at radius 3 is 2.47 bits per heavy atom. The maximum atomic E-state index is 6.10. The molecule has 0 aromatic heterocycles. The second kappa shape index (κ2) is 6.56. The van der Waals surface area contributed by atoms with Crippen LogP contribution >= 0.6 is 27.5 Å². The summed E-state index contributed by atoms with van der Waals surface area (Å²) in [6.45, 7) is 2.62. The zero-order valence-corrected chi connectivity index (χ0v) is 13.1. The summed E-state index contributed by atoms with van der Waals surface area (Å²) in [5, 5.41) is 1.48. The molecule has 19 heavy (non-hydrogen) atoms. The molecule has 0 heterocycles. The van der Waals surface area contributed by atoms with Gasteiger partial charge in [-0.05, 0) is 30.2 Å². The van der Waals surface area contributed by atoms with Crippen molar-refractivity contribution in [2.75, 3.05) is 5.33 Å². The Balaban J connectivity index is 2.11. The number of halogens is 2. The fourth-order valence-corrected chi connectivity index (χ4v) is 2.56. The molecule has 3 heteroatoms. The topological polar surface area (TPSA) is 9.23 Å². The van der Waals surface area contributed by atoms with Crippen molar-refractivity contribution in [3.8, 4) is 0 Å². The average molecular weight is 340 g/mol. The molecule has 0 amide bonds. The van der Waals surface area contributed by atoms with E-state index in [0.717, 1.165) is 21.5 Å². The SMILES string of the molecule is CC(CBr)(OCc1cccc(Cl)c1)c1ccccc1. The molecule has 2 aromatic carbocycles. The average Bonchev–Trinajstić information content (AvgIpc) is 2.46. The van der Waals surface area contributed by atoms with Crippen LogP contribution < -0.4 is 0 Å². The number of ether oxygens (including phenoxy) is 1. The van der Waals surface area contributed by atoms with Gasteiger partial charge in [-0.3, -0.25) is 0 Å². The lowest BCUT2D eigenvalue weighted by molar-refractivity contribution is -0.0289. The van der Waals surface area contributed by atoms with E-state index in [2.05, 4.69) is 35.0 Å². The van der Waals surface area contributed by atoms with Gasteiger partial charge < -0.3 is 4.74 Å². The lowest BCUT2D eigenvalue weighted by atomic mass is 9.98. The quantitative estimate of drug-likeness (QED) is 0.683. The Bertz CT molecular complexity index is 529. The van der Waals surface area contributed by atoms with Crippen LogP contribution in [-0.2, 0) is 16.9 Å². The molecule has 1 atom stereocenters. The first-order valence-electron chi connectivity index (χ1n) is 6.14. The second-order valence-corrected chi connectivity index (χ2v) is 5.65. The molecule has 0 radical (unpaired) electrons. The minimum absolute atomic E-state index is 0.344. The molecule has 100 valence electrons. The van der Waals surface area contributed by atoms with E-state index in [4.69, 9.17) is 16.3 Å². The van der Waals surface area contributed by atoms with Crippen molar-refractivity contribution < 1.29 is 4.74 Å². The van der Waals surface area contributed by atoms with Gasteiger partial charge in [0.05, 0.1) is 6.61 Å². The Hall–Kier alpha value is -0.830. The minimum Gasteiger partial charge on any atom is -0.365 e. The smallest absolute Gasteiger partial charge is 0.100 e. The third-order valence-corrected chi connectivity index (χ3v) is 4.39. The summed E-state index contributed by atoms with van der Waals surface area (Å²) in [6.07, 6.45) is 0. The summed E-state index contributed by atoms with van der Waals surface area (Å²) >= 11 is 9.53. The highest BCUT2D eigenvalue weighted by molar-refractivity contribution is 9.09. The second-order valence-electron chi connectivity index (χ2n) is 4.65. The number of rotatable bonds is 5. The summed E-state index contributed by atoms with van der Waals surface area (Å²) in [7, 11) is 0. The van der Waals surface area contributed by atoms with Gasteiger partial charge in [0, 0.05) is 10.4 Å². The third-order valence-electron chi connectivity index (χ3n) is 3.09. The molecule has 2 rings (SSSR count). The van der Waals surface area contributed by atoms with Crippen LogP contribution in [0.25, 0.3) is 0 Å². The van der Waals surface area contributed by atoms with Gasteiger partial charge in [0.25, 0.3) is 0 Å². The molecule has 1 nitrogen and oxygen atoms in total. The van der Waals surface area contributed by atoms with Crippen molar-refractivity contribution in [2.24, 2.45) is 0 Å². The lowest BCUT2D eigenvalue weighted by Gasteiger charge is -2.28. The highest BCUT2D eigenvalue weighted by Crippen LogP contribution is 2.28. The van der Waals surface area contributed by atoms with Crippen LogP contribution in [-0.4, -0.2) is 5.33 Å². The Kier molecular flexibility index (Phi) is 5.03. The van der Waals surface area contributed by atoms with E-state index in [9.17, 15) is 0 Å². The number of alkyl halides is 1. The Labute approximate surface area is 127 Å². The predicted octanol–water partition coefficient (Wildman–Crippen LogP) is 5.17. The Morgan fingerprint density at radius 1 is 1.11 bits per heavy atom. The van der Waals surface area contributed by atoms with Crippen LogP contribution in [0.3, 0.4) is 0 Å². The van der Waals surface area contributed by atoms with Crippen LogP contribution in [0.15, 0.2) is 54.6 Å². The third kappa shape index (κ3) is 3.82. The molecule has 0 saturated carbocycles. The fraction of sp³-hybridized carbons (Fsp3) is 0.250. The highest BCUT2D eigenvalue weighted by Gasteiger charge is 2.26. The molecule has 0 aliphatic heterocycles. The van der Waals surface area contributed by atoms with Crippen LogP contribution in [0.2, 0.25) is 5.02 Å². The van der Waals surface area contributed by atoms with Gasteiger partial charge in [0.2, 0.25) is 0 Å². The van der Waals surface area contributed by atoms with E-state index in [-0.39, 0.29) is 5.60 Å². The molecular weight excluding hydrogens is 324 g/mol. The summed E-state index contributed by atoms with van der Waals surface area (Å²) < 4.78 is 6.10. The predicted molar refractivity (Wildman–Crippen MR) is 83.8 cm³/mol. The first-order valence-corrected chi connectivity index (χ1v) is 7.64. The number of hydrogen-bond donors (Lipinski definition) is 0. The monoisotopic (exact) mass is 338 g/mol. The molecule has 1 unspecified atom stereocenters. The largest absolute Gasteiger partial charge is 0.365 e. The van der Waals surface area contributed by atoms with Crippen LogP contribution in [0, 0.1) is 0 Å². The maximum Gasteiger partial charge on any atom is 0.100 e. The minimum atomic E-state index is -0.344. The molecule has 0 aliphatic rings. The van der Waals surface area contributed by atoms with Gasteiger partial charge in [-0.25, -0.2) is 0 Å². The summed E-state index contributed by atoms with van der Waals surface area (Å²) in [6, 6.07) is 18.0. The molecule has 0 N–H and O–H groups in total. The lowest BCUT2D eigenvalue weighted by Crippen LogP contribution is -2.27.